The van der Waals surface area contributed by atoms with Crippen LogP contribution in [0.2, 0.25) is 0 Å². The molecule has 10 heteroatoms. The smallest absolute Gasteiger partial charge is 0.422 e. The highest BCUT2D eigenvalue weighted by molar-refractivity contribution is 7.89. The maximum absolute atomic E-state index is 12.1. The SMILES string of the molecule is CS(=O)(=O)Cc1ccc(C(=O)Nc2ccc(OCC(F)(F)F)nc2)cc1. The van der Waals surface area contributed by atoms with E-state index in [0.29, 0.717) is 11.1 Å². The van der Waals surface area contributed by atoms with Gasteiger partial charge in [-0.05, 0) is 23.8 Å². The average molecular weight is 388 g/mol. The van der Waals surface area contributed by atoms with E-state index in [2.05, 4.69) is 15.0 Å². The van der Waals surface area contributed by atoms with Crippen LogP contribution in [0.3, 0.4) is 0 Å². The van der Waals surface area contributed by atoms with Crippen LogP contribution in [-0.2, 0) is 15.6 Å². The van der Waals surface area contributed by atoms with E-state index in [1.807, 2.05) is 0 Å². The van der Waals surface area contributed by atoms with Gasteiger partial charge < -0.3 is 10.1 Å². The van der Waals surface area contributed by atoms with Gasteiger partial charge in [-0.15, -0.1) is 0 Å². The molecule has 1 aromatic carbocycles. The van der Waals surface area contributed by atoms with Gasteiger partial charge in [-0.1, -0.05) is 12.1 Å². The molecule has 1 heterocycles. The minimum atomic E-state index is -4.46. The molecule has 6 nitrogen and oxygen atoms in total. The van der Waals surface area contributed by atoms with Gasteiger partial charge in [0.1, 0.15) is 0 Å². The first kappa shape index (κ1) is 19.7. The third-order valence-corrected chi connectivity index (χ3v) is 3.88. The molecule has 0 saturated carbocycles. The highest BCUT2D eigenvalue weighted by Gasteiger charge is 2.28. The van der Waals surface area contributed by atoms with Crippen LogP contribution in [0.25, 0.3) is 0 Å². The van der Waals surface area contributed by atoms with Gasteiger partial charge >= 0.3 is 6.18 Å². The number of rotatable bonds is 6. The number of aromatic nitrogens is 1. The van der Waals surface area contributed by atoms with E-state index in [9.17, 15) is 26.4 Å². The van der Waals surface area contributed by atoms with Gasteiger partial charge in [-0.3, -0.25) is 4.79 Å². The maximum atomic E-state index is 12.1. The lowest BCUT2D eigenvalue weighted by Crippen LogP contribution is -2.19. The van der Waals surface area contributed by atoms with Gasteiger partial charge in [0.2, 0.25) is 5.88 Å². The Kier molecular flexibility index (Phi) is 5.86. The van der Waals surface area contributed by atoms with Crippen molar-refractivity contribution in [2.24, 2.45) is 0 Å². The van der Waals surface area contributed by atoms with E-state index in [0.717, 1.165) is 6.26 Å². The molecule has 0 saturated heterocycles. The monoisotopic (exact) mass is 388 g/mol. The van der Waals surface area contributed by atoms with Crippen molar-refractivity contribution < 1.29 is 31.1 Å². The second-order valence-electron chi connectivity index (χ2n) is 5.51. The van der Waals surface area contributed by atoms with Gasteiger partial charge in [0.15, 0.2) is 16.4 Å². The molecule has 0 unspecified atom stereocenters. The molecule has 1 N–H and O–H groups in total. The number of hydrogen-bond acceptors (Lipinski definition) is 5. The minimum Gasteiger partial charge on any atom is -0.468 e. The zero-order valence-corrected chi connectivity index (χ0v) is 14.4. The number of anilines is 1. The summed E-state index contributed by atoms with van der Waals surface area (Å²) in [7, 11) is -3.17. The topological polar surface area (TPSA) is 85.4 Å². The number of ether oxygens (including phenoxy) is 1. The van der Waals surface area contributed by atoms with Gasteiger partial charge in [-0.2, -0.15) is 13.2 Å². The standard InChI is InChI=1S/C16H15F3N2O4S/c1-26(23,24)9-11-2-4-12(5-3-11)15(22)21-13-6-7-14(20-8-13)25-10-16(17,18)19/h2-8H,9-10H2,1H3,(H,21,22). The molecule has 0 spiro atoms. The van der Waals surface area contributed by atoms with Crippen LogP contribution in [-0.4, -0.2) is 38.3 Å². The Morgan fingerprint density at radius 2 is 1.81 bits per heavy atom. The Hall–Kier alpha value is -2.62. The van der Waals surface area contributed by atoms with Crippen molar-refractivity contribution in [2.45, 2.75) is 11.9 Å². The Balaban J connectivity index is 1.97. The summed E-state index contributed by atoms with van der Waals surface area (Å²) in [4.78, 5) is 15.8. The molecule has 0 fully saturated rings. The molecular formula is C16H15F3N2O4S. The van der Waals surface area contributed by atoms with Crippen molar-refractivity contribution in [3.05, 3.63) is 53.7 Å². The fourth-order valence-electron chi connectivity index (χ4n) is 1.95. The van der Waals surface area contributed by atoms with Crippen molar-refractivity contribution in [1.82, 2.24) is 4.98 Å². The van der Waals surface area contributed by atoms with Gasteiger partial charge in [-0.25, -0.2) is 13.4 Å². The van der Waals surface area contributed by atoms with E-state index in [4.69, 9.17) is 0 Å². The van der Waals surface area contributed by atoms with Crippen molar-refractivity contribution in [2.75, 3.05) is 18.2 Å². The maximum Gasteiger partial charge on any atom is 0.422 e. The number of hydrogen-bond donors (Lipinski definition) is 1. The van der Waals surface area contributed by atoms with E-state index < -0.39 is 28.5 Å². The predicted octanol–water partition coefficient (Wildman–Crippen LogP) is 2.82. The van der Waals surface area contributed by atoms with Crippen molar-refractivity contribution >= 4 is 21.4 Å². The molecule has 0 atom stereocenters. The zero-order chi connectivity index (χ0) is 19.4. The zero-order valence-electron chi connectivity index (χ0n) is 13.6. The van der Waals surface area contributed by atoms with Crippen LogP contribution < -0.4 is 10.1 Å². The predicted molar refractivity (Wildman–Crippen MR) is 88.7 cm³/mol. The van der Waals surface area contributed by atoms with Crippen molar-refractivity contribution in [1.29, 1.82) is 0 Å². The Morgan fingerprint density at radius 1 is 1.15 bits per heavy atom. The first-order chi connectivity index (χ1) is 12.0. The number of alkyl halides is 3. The normalized spacial score (nSPS) is 11.8. The molecule has 1 amide bonds. The van der Waals surface area contributed by atoms with Crippen LogP contribution in [0.1, 0.15) is 15.9 Å². The number of halogens is 3. The Labute approximate surface area is 147 Å². The molecule has 26 heavy (non-hydrogen) atoms. The molecular weight excluding hydrogens is 373 g/mol. The third-order valence-electron chi connectivity index (χ3n) is 3.02. The summed E-state index contributed by atoms with van der Waals surface area (Å²) in [6.45, 7) is -1.45. The molecule has 0 aliphatic rings. The number of carbonyl (C=O) groups excluding carboxylic acids is 1. The van der Waals surface area contributed by atoms with Crippen molar-refractivity contribution in [3.63, 3.8) is 0 Å². The second-order valence-corrected chi connectivity index (χ2v) is 7.65. The number of carbonyl (C=O) groups is 1. The summed E-state index contributed by atoms with van der Waals surface area (Å²) in [5, 5.41) is 2.53. The molecule has 0 bridgehead atoms. The molecule has 0 aliphatic heterocycles. The molecule has 0 aliphatic carbocycles. The number of amides is 1. The van der Waals surface area contributed by atoms with E-state index >= 15 is 0 Å². The van der Waals surface area contributed by atoms with E-state index in [1.54, 1.807) is 0 Å². The van der Waals surface area contributed by atoms with Crippen LogP contribution in [0.4, 0.5) is 18.9 Å². The number of nitrogens with zero attached hydrogens (tertiary/aromatic N) is 1. The average Bonchev–Trinajstić information content (AvgIpc) is 2.52. The van der Waals surface area contributed by atoms with Crippen LogP contribution in [0.15, 0.2) is 42.6 Å². The number of nitrogens with one attached hydrogen (secondary N) is 1. The summed E-state index contributed by atoms with van der Waals surface area (Å²) >= 11 is 0. The first-order valence-corrected chi connectivity index (χ1v) is 9.31. The highest BCUT2D eigenvalue weighted by Crippen LogP contribution is 2.18. The number of benzene rings is 1. The van der Waals surface area contributed by atoms with Gasteiger partial charge in [0.25, 0.3) is 5.91 Å². The Morgan fingerprint density at radius 3 is 2.31 bits per heavy atom. The lowest BCUT2D eigenvalue weighted by atomic mass is 10.1. The summed E-state index contributed by atoms with van der Waals surface area (Å²) in [5.41, 5.74) is 1.12. The summed E-state index contributed by atoms with van der Waals surface area (Å²) in [5.74, 6) is -0.815. The fourth-order valence-corrected chi connectivity index (χ4v) is 2.75. The molecule has 140 valence electrons. The van der Waals surface area contributed by atoms with Gasteiger partial charge in [0, 0.05) is 17.9 Å². The van der Waals surface area contributed by atoms with E-state index in [1.165, 1.54) is 42.6 Å². The van der Waals surface area contributed by atoms with Crippen LogP contribution >= 0.6 is 0 Å². The highest BCUT2D eigenvalue weighted by atomic mass is 32.2. The van der Waals surface area contributed by atoms with Crippen LogP contribution in [0, 0.1) is 0 Å². The molecule has 1 aromatic heterocycles. The summed E-state index contributed by atoms with van der Waals surface area (Å²) < 4.78 is 63.1. The number of sulfone groups is 1. The number of pyridine rings is 1. The quantitative estimate of drug-likeness (QED) is 0.823. The summed E-state index contributed by atoms with van der Waals surface area (Å²) in [6.07, 6.45) is -2.18. The molecule has 0 radical (unpaired) electrons. The van der Waals surface area contributed by atoms with Crippen molar-refractivity contribution in [3.8, 4) is 5.88 Å². The summed E-state index contributed by atoms with van der Waals surface area (Å²) in [6, 6.07) is 8.57. The second kappa shape index (κ2) is 7.73. The van der Waals surface area contributed by atoms with Crippen LogP contribution in [0.5, 0.6) is 5.88 Å². The molecule has 2 rings (SSSR count). The first-order valence-electron chi connectivity index (χ1n) is 7.25. The Bertz CT molecular complexity index is 864. The lowest BCUT2D eigenvalue weighted by molar-refractivity contribution is -0.154. The fraction of sp³-hybridized carbons (Fsp3) is 0.250. The largest absolute Gasteiger partial charge is 0.468 e. The lowest BCUT2D eigenvalue weighted by Gasteiger charge is -2.09. The molecule has 2 aromatic rings. The third kappa shape index (κ3) is 6.71. The van der Waals surface area contributed by atoms with Gasteiger partial charge in [0.05, 0.1) is 17.6 Å². The minimum absolute atomic E-state index is 0.127. The van der Waals surface area contributed by atoms with E-state index in [-0.39, 0.29) is 17.3 Å².